The van der Waals surface area contributed by atoms with Gasteiger partial charge in [0, 0.05) is 11.7 Å². The van der Waals surface area contributed by atoms with Crippen molar-refractivity contribution in [3.05, 3.63) is 28.0 Å². The van der Waals surface area contributed by atoms with Crippen LogP contribution in [0.4, 0.5) is 0 Å². The van der Waals surface area contributed by atoms with Gasteiger partial charge in [0.25, 0.3) is 0 Å². The summed E-state index contributed by atoms with van der Waals surface area (Å²) < 4.78 is 0. The van der Waals surface area contributed by atoms with Crippen LogP contribution in [0.5, 0.6) is 0 Å². The molecule has 0 unspecified atom stereocenters. The zero-order valence-corrected chi connectivity index (χ0v) is 11.8. The van der Waals surface area contributed by atoms with E-state index in [1.54, 1.807) is 0 Å². The van der Waals surface area contributed by atoms with Crippen LogP contribution in [0.15, 0.2) is 12.3 Å². The lowest BCUT2D eigenvalue weighted by Crippen LogP contribution is -2.35. The van der Waals surface area contributed by atoms with Gasteiger partial charge >= 0.3 is 0 Å². The van der Waals surface area contributed by atoms with Crippen LogP contribution in [0.1, 0.15) is 31.2 Å². The molecule has 2 nitrogen and oxygen atoms in total. The first-order valence-electron chi connectivity index (χ1n) is 5.79. The minimum atomic E-state index is 0. The van der Waals surface area contributed by atoms with Crippen molar-refractivity contribution in [1.29, 1.82) is 0 Å². The number of rotatable bonds is 1. The standard InChI is InChI=1S/C12H14Cl2N2.ClH/c13-10-7-9(8-15-11(10)14)12-3-1-5-16(12)6-2-4-12;/h7-8H,1-6H2;1H. The lowest BCUT2D eigenvalue weighted by molar-refractivity contribution is 0.197. The zero-order chi connectivity index (χ0) is 11.2. The Bertz CT molecular complexity index is 412. The maximum Gasteiger partial charge on any atom is 0.147 e. The maximum absolute atomic E-state index is 6.07. The van der Waals surface area contributed by atoms with Crippen LogP contribution in [0.2, 0.25) is 10.2 Å². The van der Waals surface area contributed by atoms with Gasteiger partial charge in [0.05, 0.1) is 5.02 Å². The summed E-state index contributed by atoms with van der Waals surface area (Å²) in [6, 6.07) is 2.00. The number of fused-ring (bicyclic) bond motifs is 1. The molecule has 2 aliphatic heterocycles. The summed E-state index contributed by atoms with van der Waals surface area (Å²) >= 11 is 11.9. The van der Waals surface area contributed by atoms with Gasteiger partial charge in [-0.25, -0.2) is 4.98 Å². The number of hydrogen-bond acceptors (Lipinski definition) is 2. The molecule has 0 N–H and O–H groups in total. The number of nitrogens with zero attached hydrogens (tertiary/aromatic N) is 2. The van der Waals surface area contributed by atoms with Crippen LogP contribution in [-0.2, 0) is 5.54 Å². The highest BCUT2D eigenvalue weighted by atomic mass is 35.5. The number of hydrogen-bond donors (Lipinski definition) is 0. The van der Waals surface area contributed by atoms with Gasteiger partial charge in [-0.05, 0) is 50.4 Å². The third-order valence-electron chi connectivity index (χ3n) is 3.98. The van der Waals surface area contributed by atoms with Crippen molar-refractivity contribution in [3.63, 3.8) is 0 Å². The smallest absolute Gasteiger partial charge is 0.147 e. The topological polar surface area (TPSA) is 16.1 Å². The summed E-state index contributed by atoms with van der Waals surface area (Å²) in [5.41, 5.74) is 1.46. The molecule has 3 heterocycles. The van der Waals surface area contributed by atoms with Crippen LogP contribution in [0.3, 0.4) is 0 Å². The van der Waals surface area contributed by atoms with Crippen molar-refractivity contribution in [1.82, 2.24) is 9.88 Å². The van der Waals surface area contributed by atoms with Crippen molar-refractivity contribution in [2.45, 2.75) is 31.2 Å². The van der Waals surface area contributed by atoms with E-state index in [1.165, 1.54) is 44.3 Å². The second-order valence-corrected chi connectivity index (χ2v) is 5.49. The maximum atomic E-state index is 6.07. The SMILES string of the molecule is Cl.Clc1cc(C23CCCN2CCC3)cnc1Cl. The summed E-state index contributed by atoms with van der Waals surface area (Å²) in [5, 5.41) is 0.983. The first-order chi connectivity index (χ1) is 7.72. The Kier molecular flexibility index (Phi) is 3.89. The van der Waals surface area contributed by atoms with Crippen LogP contribution in [0, 0.1) is 0 Å². The Hall–Kier alpha value is -0.0200. The van der Waals surface area contributed by atoms with E-state index in [9.17, 15) is 0 Å². The Morgan fingerprint density at radius 1 is 1.18 bits per heavy atom. The van der Waals surface area contributed by atoms with E-state index >= 15 is 0 Å². The molecule has 3 rings (SSSR count). The molecule has 0 aromatic carbocycles. The normalized spacial score (nSPS) is 22.2. The molecule has 0 saturated carbocycles. The minimum Gasteiger partial charge on any atom is -0.294 e. The van der Waals surface area contributed by atoms with Gasteiger partial charge in [-0.3, -0.25) is 4.90 Å². The highest BCUT2D eigenvalue weighted by Gasteiger charge is 2.45. The van der Waals surface area contributed by atoms with Crippen molar-refractivity contribution in [2.75, 3.05) is 13.1 Å². The molecule has 0 bridgehead atoms. The average Bonchev–Trinajstić information content (AvgIpc) is 2.81. The molecular formula is C12H15Cl3N2. The number of pyridine rings is 1. The van der Waals surface area contributed by atoms with Crippen LogP contribution < -0.4 is 0 Å². The third kappa shape index (κ3) is 2.06. The summed E-state index contributed by atoms with van der Waals surface area (Å²) in [6.07, 6.45) is 6.91. The molecule has 0 radical (unpaired) electrons. The van der Waals surface area contributed by atoms with E-state index in [0.29, 0.717) is 10.2 Å². The molecule has 17 heavy (non-hydrogen) atoms. The monoisotopic (exact) mass is 292 g/mol. The van der Waals surface area contributed by atoms with Crippen LogP contribution in [-0.4, -0.2) is 23.0 Å². The van der Waals surface area contributed by atoms with Crippen LogP contribution in [0.25, 0.3) is 0 Å². The Balaban J connectivity index is 0.00000108. The predicted octanol–water partition coefficient (Wildman–Crippen LogP) is 3.90. The van der Waals surface area contributed by atoms with Crippen molar-refractivity contribution >= 4 is 35.6 Å². The quantitative estimate of drug-likeness (QED) is 0.730. The number of halogens is 3. The summed E-state index contributed by atoms with van der Waals surface area (Å²) in [5.74, 6) is 0. The summed E-state index contributed by atoms with van der Waals surface area (Å²) in [7, 11) is 0. The van der Waals surface area contributed by atoms with E-state index in [2.05, 4.69) is 9.88 Å². The molecule has 2 saturated heterocycles. The average molecular weight is 294 g/mol. The van der Waals surface area contributed by atoms with Gasteiger partial charge in [-0.2, -0.15) is 0 Å². The van der Waals surface area contributed by atoms with Crippen molar-refractivity contribution < 1.29 is 0 Å². The van der Waals surface area contributed by atoms with E-state index in [1.807, 2.05) is 12.3 Å². The molecule has 94 valence electrons. The molecular weight excluding hydrogens is 279 g/mol. The van der Waals surface area contributed by atoms with Gasteiger partial charge in [0.15, 0.2) is 0 Å². The van der Waals surface area contributed by atoms with E-state index < -0.39 is 0 Å². The molecule has 0 amide bonds. The zero-order valence-electron chi connectivity index (χ0n) is 9.46. The molecule has 1 aromatic heterocycles. The first-order valence-corrected chi connectivity index (χ1v) is 6.54. The van der Waals surface area contributed by atoms with Gasteiger partial charge < -0.3 is 0 Å². The summed E-state index contributed by atoms with van der Waals surface area (Å²) in [6.45, 7) is 2.42. The fraction of sp³-hybridized carbons (Fsp3) is 0.583. The molecule has 2 fully saturated rings. The van der Waals surface area contributed by atoms with E-state index in [4.69, 9.17) is 23.2 Å². The summed E-state index contributed by atoms with van der Waals surface area (Å²) in [4.78, 5) is 6.76. The number of aromatic nitrogens is 1. The lowest BCUT2D eigenvalue weighted by Gasteiger charge is -2.32. The van der Waals surface area contributed by atoms with Crippen molar-refractivity contribution in [2.24, 2.45) is 0 Å². The van der Waals surface area contributed by atoms with Gasteiger partial charge in [0.2, 0.25) is 0 Å². The lowest BCUT2D eigenvalue weighted by atomic mass is 9.87. The fourth-order valence-electron chi connectivity index (χ4n) is 3.25. The fourth-order valence-corrected chi connectivity index (χ4v) is 3.52. The predicted molar refractivity (Wildman–Crippen MR) is 73.2 cm³/mol. The Morgan fingerprint density at radius 3 is 2.41 bits per heavy atom. The molecule has 5 heteroatoms. The van der Waals surface area contributed by atoms with Gasteiger partial charge in [0.1, 0.15) is 5.15 Å². The Morgan fingerprint density at radius 2 is 1.82 bits per heavy atom. The molecule has 2 aliphatic rings. The first kappa shape index (κ1) is 13.4. The Labute approximate surface area is 118 Å². The van der Waals surface area contributed by atoms with Crippen LogP contribution >= 0.6 is 35.6 Å². The van der Waals surface area contributed by atoms with Gasteiger partial charge in [-0.15, -0.1) is 12.4 Å². The molecule has 0 aliphatic carbocycles. The van der Waals surface area contributed by atoms with E-state index in [0.717, 1.165) is 0 Å². The highest BCUT2D eigenvalue weighted by molar-refractivity contribution is 6.41. The largest absolute Gasteiger partial charge is 0.294 e. The highest BCUT2D eigenvalue weighted by Crippen LogP contribution is 2.47. The minimum absolute atomic E-state index is 0. The van der Waals surface area contributed by atoms with Gasteiger partial charge in [-0.1, -0.05) is 23.2 Å². The second-order valence-electron chi connectivity index (χ2n) is 4.72. The van der Waals surface area contributed by atoms with E-state index in [-0.39, 0.29) is 17.9 Å². The second kappa shape index (κ2) is 4.93. The molecule has 0 atom stereocenters. The van der Waals surface area contributed by atoms with Crippen molar-refractivity contribution in [3.8, 4) is 0 Å². The third-order valence-corrected chi connectivity index (χ3v) is 4.66. The molecule has 1 aromatic rings. The molecule has 0 spiro atoms.